The van der Waals surface area contributed by atoms with Gasteiger partial charge in [-0.25, -0.2) is 9.37 Å². The average molecular weight is 358 g/mol. The summed E-state index contributed by atoms with van der Waals surface area (Å²) in [5.41, 5.74) is 5.15. The van der Waals surface area contributed by atoms with Crippen molar-refractivity contribution in [2.45, 2.75) is 6.54 Å². The first-order valence-corrected chi connectivity index (χ1v) is 8.53. The SMILES string of the molecule is Fc1ccc2[nH]nc(-c3nc4ccc(NCc5cccnc5)cc4[nH]3)c2c1. The largest absolute Gasteiger partial charge is 0.381 e. The van der Waals surface area contributed by atoms with Gasteiger partial charge in [0.1, 0.15) is 11.5 Å². The van der Waals surface area contributed by atoms with Gasteiger partial charge < -0.3 is 10.3 Å². The van der Waals surface area contributed by atoms with Crippen molar-refractivity contribution in [3.05, 3.63) is 72.3 Å². The summed E-state index contributed by atoms with van der Waals surface area (Å²) in [5.74, 6) is 0.300. The van der Waals surface area contributed by atoms with E-state index in [-0.39, 0.29) is 5.82 Å². The predicted molar refractivity (Wildman–Crippen MR) is 103 cm³/mol. The Balaban J connectivity index is 1.47. The lowest BCUT2D eigenvalue weighted by Crippen LogP contribution is -1.99. The molecule has 5 rings (SSSR count). The summed E-state index contributed by atoms with van der Waals surface area (Å²) < 4.78 is 13.6. The van der Waals surface area contributed by atoms with Crippen LogP contribution in [0.3, 0.4) is 0 Å². The van der Waals surface area contributed by atoms with Gasteiger partial charge in [-0.05, 0) is 48.0 Å². The minimum absolute atomic E-state index is 0.303. The second-order valence-corrected chi connectivity index (χ2v) is 6.29. The average Bonchev–Trinajstić information content (AvgIpc) is 3.30. The van der Waals surface area contributed by atoms with Crippen LogP contribution < -0.4 is 5.32 Å². The fourth-order valence-electron chi connectivity index (χ4n) is 3.11. The number of benzene rings is 2. The van der Waals surface area contributed by atoms with E-state index in [1.54, 1.807) is 12.3 Å². The molecule has 6 nitrogen and oxygen atoms in total. The first kappa shape index (κ1) is 15.5. The molecule has 3 heterocycles. The second kappa shape index (κ2) is 6.21. The van der Waals surface area contributed by atoms with Crippen LogP contribution in [0.5, 0.6) is 0 Å². The van der Waals surface area contributed by atoms with E-state index in [4.69, 9.17) is 0 Å². The summed E-state index contributed by atoms with van der Waals surface area (Å²) in [7, 11) is 0. The number of anilines is 1. The molecule has 0 aliphatic carbocycles. The number of H-pyrrole nitrogens is 2. The Morgan fingerprint density at radius 3 is 2.89 bits per heavy atom. The molecule has 5 aromatic rings. The van der Waals surface area contributed by atoms with Crippen LogP contribution in [-0.2, 0) is 6.54 Å². The third kappa shape index (κ3) is 2.89. The Morgan fingerprint density at radius 2 is 2.00 bits per heavy atom. The lowest BCUT2D eigenvalue weighted by Gasteiger charge is -2.05. The molecule has 7 heteroatoms. The highest BCUT2D eigenvalue weighted by molar-refractivity contribution is 5.93. The van der Waals surface area contributed by atoms with Gasteiger partial charge in [0.15, 0.2) is 5.82 Å². The molecule has 0 unspecified atom stereocenters. The summed E-state index contributed by atoms with van der Waals surface area (Å²) in [6.45, 7) is 0.684. The van der Waals surface area contributed by atoms with Crippen LogP contribution in [0.2, 0.25) is 0 Å². The van der Waals surface area contributed by atoms with E-state index in [2.05, 4.69) is 30.5 Å². The molecule has 132 valence electrons. The Hall–Kier alpha value is -3.74. The van der Waals surface area contributed by atoms with Gasteiger partial charge in [-0.15, -0.1) is 0 Å². The summed E-state index contributed by atoms with van der Waals surface area (Å²) in [6, 6.07) is 14.4. The molecule has 3 aromatic heterocycles. The zero-order valence-corrected chi connectivity index (χ0v) is 14.2. The molecular formula is C20H15FN6. The maximum Gasteiger partial charge on any atom is 0.159 e. The number of aromatic amines is 2. The molecule has 27 heavy (non-hydrogen) atoms. The van der Waals surface area contributed by atoms with Crippen molar-refractivity contribution >= 4 is 27.6 Å². The van der Waals surface area contributed by atoms with Crippen LogP contribution in [0.15, 0.2) is 60.9 Å². The van der Waals surface area contributed by atoms with Gasteiger partial charge in [0.05, 0.1) is 16.6 Å². The van der Waals surface area contributed by atoms with Gasteiger partial charge in [-0.1, -0.05) is 6.07 Å². The van der Waals surface area contributed by atoms with E-state index in [0.717, 1.165) is 27.8 Å². The number of imidazole rings is 1. The number of halogens is 1. The molecule has 2 aromatic carbocycles. The van der Waals surface area contributed by atoms with Crippen molar-refractivity contribution in [1.82, 2.24) is 25.1 Å². The summed E-state index contributed by atoms with van der Waals surface area (Å²) in [6.07, 6.45) is 3.59. The molecule has 0 saturated heterocycles. The Kier molecular flexibility index (Phi) is 3.57. The standard InChI is InChI=1S/C20H15FN6/c21-13-3-5-16-15(8-13)19(27-26-16)20-24-17-6-4-14(9-18(17)25-20)23-11-12-2-1-7-22-10-12/h1-10,23H,11H2,(H,24,25)(H,26,27). The summed E-state index contributed by atoms with van der Waals surface area (Å²) >= 11 is 0. The van der Waals surface area contributed by atoms with E-state index in [1.807, 2.05) is 36.5 Å². The summed E-state index contributed by atoms with van der Waals surface area (Å²) in [5, 5.41) is 11.3. The van der Waals surface area contributed by atoms with Gasteiger partial charge >= 0.3 is 0 Å². The van der Waals surface area contributed by atoms with E-state index >= 15 is 0 Å². The zero-order valence-electron chi connectivity index (χ0n) is 14.2. The first-order chi connectivity index (χ1) is 13.3. The lowest BCUT2D eigenvalue weighted by molar-refractivity contribution is 0.630. The number of nitrogens with zero attached hydrogens (tertiary/aromatic N) is 3. The van der Waals surface area contributed by atoms with Crippen LogP contribution in [0, 0.1) is 5.82 Å². The quantitative estimate of drug-likeness (QED) is 0.448. The van der Waals surface area contributed by atoms with Gasteiger partial charge in [0.25, 0.3) is 0 Å². The molecule has 0 aliphatic heterocycles. The highest BCUT2D eigenvalue weighted by Crippen LogP contribution is 2.27. The Bertz CT molecular complexity index is 1240. The fourth-order valence-corrected chi connectivity index (χ4v) is 3.11. The third-order valence-electron chi connectivity index (χ3n) is 4.45. The van der Waals surface area contributed by atoms with E-state index in [1.165, 1.54) is 12.1 Å². The van der Waals surface area contributed by atoms with E-state index in [9.17, 15) is 4.39 Å². The fraction of sp³-hybridized carbons (Fsp3) is 0.0500. The minimum Gasteiger partial charge on any atom is -0.381 e. The van der Waals surface area contributed by atoms with Crippen molar-refractivity contribution in [2.75, 3.05) is 5.32 Å². The normalized spacial score (nSPS) is 11.3. The summed E-state index contributed by atoms with van der Waals surface area (Å²) in [4.78, 5) is 12.0. The smallest absolute Gasteiger partial charge is 0.159 e. The first-order valence-electron chi connectivity index (χ1n) is 8.53. The molecular weight excluding hydrogens is 343 g/mol. The van der Waals surface area contributed by atoms with Crippen LogP contribution >= 0.6 is 0 Å². The van der Waals surface area contributed by atoms with Crippen molar-refractivity contribution in [2.24, 2.45) is 0 Å². The minimum atomic E-state index is -0.303. The molecule has 0 atom stereocenters. The predicted octanol–water partition coefficient (Wildman–Crippen LogP) is 4.25. The van der Waals surface area contributed by atoms with Gasteiger partial charge in [-0.3, -0.25) is 10.1 Å². The monoisotopic (exact) mass is 358 g/mol. The van der Waals surface area contributed by atoms with Crippen LogP contribution in [-0.4, -0.2) is 25.1 Å². The van der Waals surface area contributed by atoms with Crippen LogP contribution in [0.4, 0.5) is 10.1 Å². The van der Waals surface area contributed by atoms with Gasteiger partial charge in [0, 0.05) is 30.0 Å². The van der Waals surface area contributed by atoms with E-state index < -0.39 is 0 Å². The van der Waals surface area contributed by atoms with E-state index in [0.29, 0.717) is 23.4 Å². The van der Waals surface area contributed by atoms with Gasteiger partial charge in [-0.2, -0.15) is 5.10 Å². The Labute approximate surface area is 153 Å². The highest BCUT2D eigenvalue weighted by Gasteiger charge is 2.13. The maximum atomic E-state index is 13.6. The zero-order chi connectivity index (χ0) is 18.2. The number of nitrogens with one attached hydrogen (secondary N) is 3. The maximum absolute atomic E-state index is 13.6. The molecule has 0 saturated carbocycles. The van der Waals surface area contributed by atoms with Crippen LogP contribution in [0.1, 0.15) is 5.56 Å². The molecule has 0 bridgehead atoms. The third-order valence-corrected chi connectivity index (χ3v) is 4.45. The molecule has 0 fully saturated rings. The number of rotatable bonds is 4. The molecule has 0 aliphatic rings. The number of hydrogen-bond donors (Lipinski definition) is 3. The number of hydrogen-bond acceptors (Lipinski definition) is 4. The van der Waals surface area contributed by atoms with Crippen LogP contribution in [0.25, 0.3) is 33.5 Å². The van der Waals surface area contributed by atoms with Crippen molar-refractivity contribution in [3.8, 4) is 11.5 Å². The molecule has 0 radical (unpaired) electrons. The number of fused-ring (bicyclic) bond motifs is 2. The van der Waals surface area contributed by atoms with Crippen molar-refractivity contribution in [1.29, 1.82) is 0 Å². The topological polar surface area (TPSA) is 82.3 Å². The van der Waals surface area contributed by atoms with Crippen molar-refractivity contribution in [3.63, 3.8) is 0 Å². The molecule has 0 spiro atoms. The number of aromatic nitrogens is 5. The molecule has 0 amide bonds. The molecule has 3 N–H and O–H groups in total. The van der Waals surface area contributed by atoms with Gasteiger partial charge in [0.2, 0.25) is 0 Å². The lowest BCUT2D eigenvalue weighted by atomic mass is 10.2. The van der Waals surface area contributed by atoms with Crippen molar-refractivity contribution < 1.29 is 4.39 Å². The number of pyridine rings is 1. The second-order valence-electron chi connectivity index (χ2n) is 6.29. The highest BCUT2D eigenvalue weighted by atomic mass is 19.1. The Morgan fingerprint density at radius 1 is 1.04 bits per heavy atom.